The van der Waals surface area contributed by atoms with Crippen molar-refractivity contribution in [2.24, 2.45) is 0 Å². The van der Waals surface area contributed by atoms with Crippen molar-refractivity contribution in [3.8, 4) is 0 Å². The van der Waals surface area contributed by atoms with Gasteiger partial charge in [-0.15, -0.1) is 0 Å². The van der Waals surface area contributed by atoms with Gasteiger partial charge in [-0.25, -0.2) is 0 Å². The molecular weight excluding hydrogens is 268 g/mol. The third-order valence-electron chi connectivity index (χ3n) is 4.02. The van der Waals surface area contributed by atoms with E-state index in [9.17, 15) is 4.79 Å². The SMILES string of the molecule is Cc1nc([C@H]2CCCN2C(=O)C[C@H](C)n2cccc2)no1. The van der Waals surface area contributed by atoms with Crippen LogP contribution in [-0.2, 0) is 4.79 Å². The third-order valence-corrected chi connectivity index (χ3v) is 4.02. The van der Waals surface area contributed by atoms with E-state index in [2.05, 4.69) is 21.6 Å². The lowest BCUT2D eigenvalue weighted by Gasteiger charge is -2.24. The van der Waals surface area contributed by atoms with Gasteiger partial charge in [-0.1, -0.05) is 5.16 Å². The topological polar surface area (TPSA) is 64.2 Å². The van der Waals surface area contributed by atoms with E-state index in [4.69, 9.17) is 4.52 Å². The van der Waals surface area contributed by atoms with E-state index in [1.807, 2.05) is 29.4 Å². The van der Waals surface area contributed by atoms with E-state index in [0.29, 0.717) is 18.1 Å². The van der Waals surface area contributed by atoms with Crippen LogP contribution in [-0.4, -0.2) is 32.1 Å². The lowest BCUT2D eigenvalue weighted by Crippen LogP contribution is -2.32. The minimum Gasteiger partial charge on any atom is -0.351 e. The van der Waals surface area contributed by atoms with Crippen LogP contribution < -0.4 is 0 Å². The molecule has 0 radical (unpaired) electrons. The van der Waals surface area contributed by atoms with Gasteiger partial charge in [-0.3, -0.25) is 4.79 Å². The maximum atomic E-state index is 12.6. The summed E-state index contributed by atoms with van der Waals surface area (Å²) in [7, 11) is 0. The van der Waals surface area contributed by atoms with Crippen LogP contribution in [0.5, 0.6) is 0 Å². The first-order valence-corrected chi connectivity index (χ1v) is 7.37. The number of carbonyl (C=O) groups excluding carboxylic acids is 1. The fourth-order valence-corrected chi connectivity index (χ4v) is 2.90. The third kappa shape index (κ3) is 2.84. The summed E-state index contributed by atoms with van der Waals surface area (Å²) in [5, 5.41) is 3.97. The molecule has 0 bridgehead atoms. The van der Waals surface area contributed by atoms with Crippen molar-refractivity contribution in [2.45, 2.75) is 45.2 Å². The van der Waals surface area contributed by atoms with Crippen LogP contribution in [0.2, 0.25) is 0 Å². The van der Waals surface area contributed by atoms with Gasteiger partial charge in [-0.05, 0) is 31.9 Å². The Hall–Kier alpha value is -2.11. The van der Waals surface area contributed by atoms with Crippen molar-refractivity contribution in [1.29, 1.82) is 0 Å². The molecule has 2 aromatic rings. The van der Waals surface area contributed by atoms with Crippen molar-refractivity contribution in [3.05, 3.63) is 36.2 Å². The van der Waals surface area contributed by atoms with Crippen molar-refractivity contribution in [2.75, 3.05) is 6.54 Å². The van der Waals surface area contributed by atoms with E-state index in [-0.39, 0.29) is 18.0 Å². The van der Waals surface area contributed by atoms with Gasteiger partial charge in [0.05, 0.1) is 6.04 Å². The zero-order valence-electron chi connectivity index (χ0n) is 12.4. The van der Waals surface area contributed by atoms with Gasteiger partial charge in [0.2, 0.25) is 11.8 Å². The fourth-order valence-electron chi connectivity index (χ4n) is 2.90. The lowest BCUT2D eigenvalue weighted by atomic mass is 10.1. The number of aromatic nitrogens is 3. The van der Waals surface area contributed by atoms with Crippen molar-refractivity contribution >= 4 is 5.91 Å². The maximum Gasteiger partial charge on any atom is 0.225 e. The number of amides is 1. The maximum absolute atomic E-state index is 12.6. The van der Waals surface area contributed by atoms with Crippen molar-refractivity contribution in [1.82, 2.24) is 19.6 Å². The molecule has 6 heteroatoms. The number of carbonyl (C=O) groups is 1. The van der Waals surface area contributed by atoms with E-state index >= 15 is 0 Å². The summed E-state index contributed by atoms with van der Waals surface area (Å²) in [5.41, 5.74) is 0. The second kappa shape index (κ2) is 5.71. The van der Waals surface area contributed by atoms with Crippen LogP contribution in [0.1, 0.15) is 50.0 Å². The molecule has 2 atom stereocenters. The molecule has 1 aliphatic rings. The van der Waals surface area contributed by atoms with Crippen LogP contribution >= 0.6 is 0 Å². The van der Waals surface area contributed by atoms with Gasteiger partial charge in [0.1, 0.15) is 0 Å². The molecule has 1 fully saturated rings. The highest BCUT2D eigenvalue weighted by atomic mass is 16.5. The van der Waals surface area contributed by atoms with Crippen molar-refractivity contribution in [3.63, 3.8) is 0 Å². The molecule has 0 unspecified atom stereocenters. The van der Waals surface area contributed by atoms with Gasteiger partial charge in [0.15, 0.2) is 5.82 Å². The highest BCUT2D eigenvalue weighted by molar-refractivity contribution is 5.77. The molecule has 3 rings (SSSR count). The molecule has 0 saturated carbocycles. The summed E-state index contributed by atoms with van der Waals surface area (Å²) < 4.78 is 7.10. The van der Waals surface area contributed by atoms with Gasteiger partial charge in [-0.2, -0.15) is 4.98 Å². The average molecular weight is 288 g/mol. The quantitative estimate of drug-likeness (QED) is 0.867. The first-order valence-electron chi connectivity index (χ1n) is 7.37. The van der Waals surface area contributed by atoms with E-state index in [1.165, 1.54) is 0 Å². The van der Waals surface area contributed by atoms with E-state index in [1.54, 1.807) is 6.92 Å². The summed E-state index contributed by atoms with van der Waals surface area (Å²) in [5.74, 6) is 1.33. The Morgan fingerprint density at radius 1 is 1.48 bits per heavy atom. The second-order valence-electron chi connectivity index (χ2n) is 5.60. The van der Waals surface area contributed by atoms with Gasteiger partial charge in [0, 0.05) is 38.3 Å². The summed E-state index contributed by atoms with van der Waals surface area (Å²) in [6.07, 6.45) is 6.36. The number of hydrogen-bond donors (Lipinski definition) is 0. The van der Waals surface area contributed by atoms with Gasteiger partial charge < -0.3 is 14.0 Å². The molecule has 0 spiro atoms. The van der Waals surface area contributed by atoms with Crippen molar-refractivity contribution < 1.29 is 9.32 Å². The monoisotopic (exact) mass is 288 g/mol. The van der Waals surface area contributed by atoms with Crippen LogP contribution in [0, 0.1) is 6.92 Å². The molecule has 6 nitrogen and oxygen atoms in total. The predicted octanol–water partition coefficient (Wildman–Crippen LogP) is 2.49. The molecule has 0 aliphatic carbocycles. The Morgan fingerprint density at radius 3 is 2.90 bits per heavy atom. The zero-order chi connectivity index (χ0) is 14.8. The molecular formula is C15H20N4O2. The first kappa shape index (κ1) is 13.9. The van der Waals surface area contributed by atoms with Crippen LogP contribution in [0.4, 0.5) is 0 Å². The molecule has 3 heterocycles. The van der Waals surface area contributed by atoms with E-state index in [0.717, 1.165) is 19.4 Å². The molecule has 0 N–H and O–H groups in total. The Labute approximate surface area is 123 Å². The molecule has 1 aliphatic heterocycles. The van der Waals surface area contributed by atoms with Gasteiger partial charge >= 0.3 is 0 Å². The molecule has 1 amide bonds. The first-order chi connectivity index (χ1) is 10.1. The standard InChI is InChI=1S/C15H20N4O2/c1-11(18-7-3-4-8-18)10-14(20)19-9-5-6-13(19)15-16-12(2)21-17-15/h3-4,7-8,11,13H,5-6,9-10H2,1-2H3/t11-,13+/m0/s1. The fraction of sp³-hybridized carbons (Fsp3) is 0.533. The summed E-state index contributed by atoms with van der Waals surface area (Å²) in [6.45, 7) is 4.60. The Kier molecular flexibility index (Phi) is 3.77. The largest absolute Gasteiger partial charge is 0.351 e. The Morgan fingerprint density at radius 2 is 2.24 bits per heavy atom. The Balaban J connectivity index is 1.68. The molecule has 21 heavy (non-hydrogen) atoms. The number of rotatable bonds is 4. The molecule has 0 aromatic carbocycles. The Bertz CT molecular complexity index is 605. The number of nitrogens with zero attached hydrogens (tertiary/aromatic N) is 4. The molecule has 2 aromatic heterocycles. The summed E-state index contributed by atoms with van der Waals surface area (Å²) in [6, 6.07) is 4.07. The van der Waals surface area contributed by atoms with Crippen LogP contribution in [0.15, 0.2) is 29.0 Å². The number of hydrogen-bond acceptors (Lipinski definition) is 4. The summed E-state index contributed by atoms with van der Waals surface area (Å²) in [4.78, 5) is 18.7. The highest BCUT2D eigenvalue weighted by Gasteiger charge is 2.33. The smallest absolute Gasteiger partial charge is 0.225 e. The van der Waals surface area contributed by atoms with Gasteiger partial charge in [0.25, 0.3) is 0 Å². The number of aryl methyl sites for hydroxylation is 1. The summed E-state index contributed by atoms with van der Waals surface area (Å²) >= 11 is 0. The molecule has 1 saturated heterocycles. The van der Waals surface area contributed by atoms with Crippen LogP contribution in [0.3, 0.4) is 0 Å². The predicted molar refractivity (Wildman–Crippen MR) is 76.5 cm³/mol. The molecule has 112 valence electrons. The zero-order valence-corrected chi connectivity index (χ0v) is 12.4. The van der Waals surface area contributed by atoms with Crippen LogP contribution in [0.25, 0.3) is 0 Å². The minimum absolute atomic E-state index is 0.0354. The van der Waals surface area contributed by atoms with E-state index < -0.39 is 0 Å². The average Bonchev–Trinajstić information content (AvgIpc) is 3.19. The second-order valence-corrected chi connectivity index (χ2v) is 5.60. The normalized spacial score (nSPS) is 19.9. The lowest BCUT2D eigenvalue weighted by molar-refractivity contribution is -0.133. The minimum atomic E-state index is -0.0354. The number of likely N-dealkylation sites (tertiary alicyclic amines) is 1. The highest BCUT2D eigenvalue weighted by Crippen LogP contribution is 2.31.